The van der Waals surface area contributed by atoms with E-state index in [4.69, 9.17) is 11.6 Å². The SMILES string of the molecule is CC(=O)Nc1nc(-c2ccc(Cl)c(C(F)(F)F)c2)c(CN2[C@H](C)CC[C@H]2C)s1. The standard InChI is InChI=1S/C19H21ClF3N3OS/c1-10-4-5-11(2)26(10)9-16-17(25-18(28-16)24-12(3)27)13-6-7-15(20)14(8-13)19(21,22)23/h6-8,10-11H,4-5,9H2,1-3H3,(H,24,25,27)/t10-,11-/m1/s1. The summed E-state index contributed by atoms with van der Waals surface area (Å²) in [5.74, 6) is -0.276. The number of anilines is 1. The maximum atomic E-state index is 13.3. The highest BCUT2D eigenvalue weighted by Crippen LogP contribution is 2.40. The molecule has 152 valence electrons. The Hall–Kier alpha value is -1.64. The van der Waals surface area contributed by atoms with Crippen LogP contribution in [-0.4, -0.2) is 27.9 Å². The van der Waals surface area contributed by atoms with Crippen LogP contribution in [0.4, 0.5) is 18.3 Å². The molecule has 1 N–H and O–H groups in total. The number of hydrogen-bond acceptors (Lipinski definition) is 4. The summed E-state index contributed by atoms with van der Waals surface area (Å²) in [5, 5.41) is 2.67. The minimum absolute atomic E-state index is 0.276. The van der Waals surface area contributed by atoms with E-state index in [2.05, 4.69) is 29.0 Å². The Labute approximate surface area is 170 Å². The predicted molar refractivity (Wildman–Crippen MR) is 106 cm³/mol. The lowest BCUT2D eigenvalue weighted by Gasteiger charge is -2.25. The molecule has 0 saturated carbocycles. The van der Waals surface area contributed by atoms with Gasteiger partial charge in [0.25, 0.3) is 0 Å². The van der Waals surface area contributed by atoms with Crippen LogP contribution in [0.15, 0.2) is 18.2 Å². The van der Waals surface area contributed by atoms with Crippen LogP contribution in [0, 0.1) is 0 Å². The third-order valence-electron chi connectivity index (χ3n) is 4.99. The van der Waals surface area contributed by atoms with Crippen molar-refractivity contribution in [2.45, 2.75) is 58.4 Å². The zero-order valence-corrected chi connectivity index (χ0v) is 17.3. The molecule has 2 atom stereocenters. The van der Waals surface area contributed by atoms with Crippen LogP contribution >= 0.6 is 22.9 Å². The monoisotopic (exact) mass is 431 g/mol. The zero-order valence-electron chi connectivity index (χ0n) is 15.7. The number of halogens is 4. The second kappa shape index (κ2) is 8.00. The Morgan fingerprint density at radius 2 is 1.96 bits per heavy atom. The minimum atomic E-state index is -4.55. The van der Waals surface area contributed by atoms with Gasteiger partial charge in [-0.25, -0.2) is 4.98 Å². The van der Waals surface area contributed by atoms with Crippen LogP contribution in [0.25, 0.3) is 11.3 Å². The second-order valence-electron chi connectivity index (χ2n) is 7.11. The molecule has 1 aromatic heterocycles. The summed E-state index contributed by atoms with van der Waals surface area (Å²) in [6, 6.07) is 4.55. The van der Waals surface area contributed by atoms with E-state index in [0.717, 1.165) is 23.8 Å². The van der Waals surface area contributed by atoms with Crippen molar-refractivity contribution < 1.29 is 18.0 Å². The maximum absolute atomic E-state index is 13.3. The van der Waals surface area contributed by atoms with E-state index >= 15 is 0 Å². The van der Waals surface area contributed by atoms with Crippen molar-refractivity contribution in [2.75, 3.05) is 5.32 Å². The highest BCUT2D eigenvalue weighted by atomic mass is 35.5. The lowest BCUT2D eigenvalue weighted by atomic mass is 10.1. The summed E-state index contributed by atoms with van der Waals surface area (Å²) >= 11 is 7.05. The fourth-order valence-electron chi connectivity index (χ4n) is 3.50. The Bertz CT molecular complexity index is 874. The van der Waals surface area contributed by atoms with Crippen molar-refractivity contribution in [1.82, 2.24) is 9.88 Å². The lowest BCUT2D eigenvalue weighted by molar-refractivity contribution is -0.137. The quantitative estimate of drug-likeness (QED) is 0.664. The molecule has 28 heavy (non-hydrogen) atoms. The number of likely N-dealkylation sites (tertiary alicyclic amines) is 1. The first-order chi connectivity index (χ1) is 13.1. The molecular formula is C19H21ClF3N3OS. The third kappa shape index (κ3) is 4.50. The van der Waals surface area contributed by atoms with Gasteiger partial charge in [0.2, 0.25) is 5.91 Å². The molecule has 0 spiro atoms. The number of rotatable bonds is 4. The van der Waals surface area contributed by atoms with E-state index in [1.807, 2.05) is 0 Å². The molecule has 1 amide bonds. The summed E-state index contributed by atoms with van der Waals surface area (Å²) < 4.78 is 39.9. The van der Waals surface area contributed by atoms with Crippen molar-refractivity contribution in [3.05, 3.63) is 33.7 Å². The second-order valence-corrected chi connectivity index (χ2v) is 8.60. The summed E-state index contributed by atoms with van der Waals surface area (Å²) in [7, 11) is 0. The molecule has 2 aromatic rings. The van der Waals surface area contributed by atoms with Crippen LogP contribution in [0.3, 0.4) is 0 Å². The highest BCUT2D eigenvalue weighted by molar-refractivity contribution is 7.16. The van der Waals surface area contributed by atoms with Gasteiger partial charge in [0.15, 0.2) is 5.13 Å². The first-order valence-corrected chi connectivity index (χ1v) is 10.2. The molecule has 3 rings (SSSR count). The smallest absolute Gasteiger partial charge is 0.302 e. The van der Waals surface area contributed by atoms with E-state index in [1.54, 1.807) is 0 Å². The maximum Gasteiger partial charge on any atom is 0.417 e. The van der Waals surface area contributed by atoms with Gasteiger partial charge in [0.05, 0.1) is 16.3 Å². The normalized spacial score (nSPS) is 20.5. The first kappa shape index (κ1) is 21.1. The lowest BCUT2D eigenvalue weighted by Crippen LogP contribution is -2.31. The van der Waals surface area contributed by atoms with E-state index in [1.165, 1.54) is 30.4 Å². The molecule has 2 heterocycles. The Morgan fingerprint density at radius 3 is 2.54 bits per heavy atom. The van der Waals surface area contributed by atoms with Gasteiger partial charge < -0.3 is 5.32 Å². The molecule has 1 saturated heterocycles. The van der Waals surface area contributed by atoms with Crippen molar-refractivity contribution in [3.63, 3.8) is 0 Å². The van der Waals surface area contributed by atoms with Gasteiger partial charge in [-0.1, -0.05) is 29.0 Å². The number of carbonyl (C=O) groups is 1. The fraction of sp³-hybridized carbons (Fsp3) is 0.474. The van der Waals surface area contributed by atoms with Crippen molar-refractivity contribution in [3.8, 4) is 11.3 Å². The topological polar surface area (TPSA) is 45.2 Å². The fourth-order valence-corrected chi connectivity index (χ4v) is 4.77. The number of alkyl halides is 3. The summed E-state index contributed by atoms with van der Waals surface area (Å²) in [5.41, 5.74) is -0.115. The van der Waals surface area contributed by atoms with Gasteiger partial charge in [-0.2, -0.15) is 13.2 Å². The van der Waals surface area contributed by atoms with Crippen LogP contribution in [0.1, 0.15) is 44.1 Å². The Kier molecular flexibility index (Phi) is 6.03. The zero-order chi connectivity index (χ0) is 20.6. The van der Waals surface area contributed by atoms with Crippen LogP contribution in [0.2, 0.25) is 5.02 Å². The number of thiazole rings is 1. The van der Waals surface area contributed by atoms with Crippen LogP contribution in [-0.2, 0) is 17.5 Å². The van der Waals surface area contributed by atoms with Gasteiger partial charge in [-0.05, 0) is 38.8 Å². The molecule has 0 radical (unpaired) electrons. The van der Waals surface area contributed by atoms with Crippen molar-refractivity contribution in [1.29, 1.82) is 0 Å². The van der Waals surface area contributed by atoms with Crippen LogP contribution < -0.4 is 5.32 Å². The largest absolute Gasteiger partial charge is 0.417 e. The van der Waals surface area contributed by atoms with Gasteiger partial charge in [0, 0.05) is 36.0 Å². The molecule has 4 nitrogen and oxygen atoms in total. The van der Waals surface area contributed by atoms with E-state index in [0.29, 0.717) is 35.0 Å². The van der Waals surface area contributed by atoms with Crippen molar-refractivity contribution >= 4 is 34.0 Å². The summed E-state index contributed by atoms with van der Waals surface area (Å²) in [4.78, 5) is 19.0. The highest BCUT2D eigenvalue weighted by Gasteiger charge is 2.34. The van der Waals surface area contributed by atoms with Gasteiger partial charge in [-0.3, -0.25) is 9.69 Å². The molecule has 0 unspecified atom stereocenters. The minimum Gasteiger partial charge on any atom is -0.302 e. The number of nitrogens with zero attached hydrogens (tertiary/aromatic N) is 2. The Balaban J connectivity index is 2.04. The predicted octanol–water partition coefficient (Wildman–Crippen LogP) is 5.81. The molecule has 1 fully saturated rings. The summed E-state index contributed by atoms with van der Waals surface area (Å²) in [6.45, 7) is 6.22. The average Bonchev–Trinajstić information content (AvgIpc) is 3.12. The van der Waals surface area contributed by atoms with Gasteiger partial charge in [0.1, 0.15) is 0 Å². The average molecular weight is 432 g/mol. The molecule has 1 aliphatic heterocycles. The van der Waals surface area contributed by atoms with Gasteiger partial charge >= 0.3 is 6.18 Å². The van der Waals surface area contributed by atoms with E-state index in [9.17, 15) is 18.0 Å². The van der Waals surface area contributed by atoms with Crippen molar-refractivity contribution in [2.24, 2.45) is 0 Å². The molecule has 1 aromatic carbocycles. The molecular weight excluding hydrogens is 411 g/mol. The molecule has 9 heteroatoms. The van der Waals surface area contributed by atoms with Gasteiger partial charge in [-0.15, -0.1) is 0 Å². The van der Waals surface area contributed by atoms with E-state index in [-0.39, 0.29) is 10.9 Å². The number of hydrogen-bond donors (Lipinski definition) is 1. The van der Waals surface area contributed by atoms with Crippen LogP contribution in [0.5, 0.6) is 0 Å². The number of aromatic nitrogens is 1. The number of nitrogens with one attached hydrogen (secondary N) is 1. The molecule has 0 bridgehead atoms. The summed E-state index contributed by atoms with van der Waals surface area (Å²) in [6.07, 6.45) is -2.40. The number of benzene rings is 1. The third-order valence-corrected chi connectivity index (χ3v) is 6.27. The molecule has 0 aliphatic carbocycles. The Morgan fingerprint density at radius 1 is 1.32 bits per heavy atom. The number of carbonyl (C=O) groups excluding carboxylic acids is 1. The van der Waals surface area contributed by atoms with E-state index < -0.39 is 11.7 Å². The molecule has 1 aliphatic rings. The first-order valence-electron chi connectivity index (χ1n) is 8.96. The number of amides is 1.